The van der Waals surface area contributed by atoms with Gasteiger partial charge in [-0.25, -0.2) is 0 Å². The molecule has 0 spiro atoms. The number of carbonyl (C=O) groups excluding carboxylic acids is 1. The van der Waals surface area contributed by atoms with E-state index in [0.29, 0.717) is 12.3 Å². The number of ether oxygens (including phenoxy) is 1. The van der Waals surface area contributed by atoms with Gasteiger partial charge in [-0.3, -0.25) is 10.2 Å². The van der Waals surface area contributed by atoms with Crippen LogP contribution in [0, 0.1) is 17.2 Å². The molecule has 2 saturated heterocycles. The lowest BCUT2D eigenvalue weighted by Gasteiger charge is -2.38. The third-order valence-corrected chi connectivity index (χ3v) is 7.69. The molecule has 0 aromatic heterocycles. The van der Waals surface area contributed by atoms with Gasteiger partial charge in [0.2, 0.25) is 0 Å². The number of carbonyl (C=O) groups is 1. The maximum atomic E-state index is 12.3. The molecule has 2 aliphatic heterocycles. The van der Waals surface area contributed by atoms with Gasteiger partial charge in [0.25, 0.3) is 0 Å². The van der Waals surface area contributed by atoms with Crippen LogP contribution >= 0.6 is 0 Å². The van der Waals surface area contributed by atoms with Crippen molar-refractivity contribution in [2.24, 2.45) is 17.6 Å². The van der Waals surface area contributed by atoms with Crippen LogP contribution in [-0.2, 0) is 9.53 Å². The molecule has 32 heavy (non-hydrogen) atoms. The molecule has 3 N–H and O–H groups in total. The van der Waals surface area contributed by atoms with Crippen LogP contribution in [0.3, 0.4) is 0 Å². The summed E-state index contributed by atoms with van der Waals surface area (Å²) in [6, 6.07) is 8.06. The Labute approximate surface area is 193 Å². The van der Waals surface area contributed by atoms with Crippen LogP contribution in [0.2, 0.25) is 0 Å². The number of piperidine rings is 2. The SMILES string of the molecule is N=C(N)c1ccc(N2CCC(CN3CCC(CC(=O)OC4CCCCC4)CC3)CC2)cc1. The molecule has 2 heterocycles. The van der Waals surface area contributed by atoms with E-state index in [4.69, 9.17) is 15.9 Å². The molecule has 0 unspecified atom stereocenters. The van der Waals surface area contributed by atoms with Crippen LogP contribution < -0.4 is 10.6 Å². The van der Waals surface area contributed by atoms with E-state index in [-0.39, 0.29) is 17.9 Å². The molecule has 6 heteroatoms. The van der Waals surface area contributed by atoms with Gasteiger partial charge in [0.05, 0.1) is 0 Å². The fraction of sp³-hybridized carbons (Fsp3) is 0.692. The standard InChI is InChI=1S/C26H40N4O2/c27-26(28)22-6-8-23(9-7-22)30-16-12-21(13-17-30)19-29-14-10-20(11-15-29)18-25(31)32-24-4-2-1-3-5-24/h6-9,20-21,24H,1-5,10-19H2,(H3,27,28). The minimum atomic E-state index is 0.0408. The average Bonchev–Trinajstić information content (AvgIpc) is 2.81. The smallest absolute Gasteiger partial charge is 0.306 e. The fourth-order valence-corrected chi connectivity index (χ4v) is 5.62. The Hall–Kier alpha value is -2.08. The van der Waals surface area contributed by atoms with E-state index < -0.39 is 0 Å². The second-order valence-corrected chi connectivity index (χ2v) is 10.1. The summed E-state index contributed by atoms with van der Waals surface area (Å²) in [4.78, 5) is 17.4. The molecule has 1 aliphatic carbocycles. The first kappa shape index (κ1) is 23.1. The number of nitrogen functional groups attached to an aromatic ring is 1. The number of rotatable bonds is 7. The second-order valence-electron chi connectivity index (χ2n) is 10.1. The van der Waals surface area contributed by atoms with E-state index in [0.717, 1.165) is 63.3 Å². The predicted octanol–water partition coefficient (Wildman–Crippen LogP) is 4.17. The molecule has 0 amide bonds. The van der Waals surface area contributed by atoms with E-state index in [1.54, 1.807) is 0 Å². The Balaban J connectivity index is 1.13. The number of likely N-dealkylation sites (tertiary alicyclic amines) is 1. The van der Waals surface area contributed by atoms with Gasteiger partial charge in [-0.1, -0.05) is 6.42 Å². The monoisotopic (exact) mass is 440 g/mol. The van der Waals surface area contributed by atoms with E-state index in [1.165, 1.54) is 44.3 Å². The van der Waals surface area contributed by atoms with Gasteiger partial charge in [0, 0.05) is 37.3 Å². The van der Waals surface area contributed by atoms with Gasteiger partial charge in [0.1, 0.15) is 11.9 Å². The van der Waals surface area contributed by atoms with Crippen molar-refractivity contribution in [3.8, 4) is 0 Å². The number of benzene rings is 1. The normalized spacial score (nSPS) is 22.1. The van der Waals surface area contributed by atoms with Crippen molar-refractivity contribution in [2.45, 2.75) is 70.3 Å². The summed E-state index contributed by atoms with van der Waals surface area (Å²) in [6.45, 7) is 5.61. The molecule has 0 bridgehead atoms. The van der Waals surface area contributed by atoms with Crippen molar-refractivity contribution < 1.29 is 9.53 Å². The quantitative estimate of drug-likeness (QED) is 0.378. The molecule has 1 aromatic rings. The lowest BCUT2D eigenvalue weighted by Crippen LogP contribution is -2.42. The van der Waals surface area contributed by atoms with E-state index in [2.05, 4.69) is 21.9 Å². The number of amidine groups is 1. The predicted molar refractivity (Wildman–Crippen MR) is 129 cm³/mol. The van der Waals surface area contributed by atoms with Crippen molar-refractivity contribution in [1.29, 1.82) is 5.41 Å². The fourth-order valence-electron chi connectivity index (χ4n) is 5.62. The molecule has 0 atom stereocenters. The number of nitrogens with zero attached hydrogens (tertiary/aromatic N) is 2. The summed E-state index contributed by atoms with van der Waals surface area (Å²) in [5.41, 5.74) is 7.58. The molecule has 3 fully saturated rings. The molecule has 1 aromatic carbocycles. The van der Waals surface area contributed by atoms with Crippen molar-refractivity contribution in [3.63, 3.8) is 0 Å². The highest BCUT2D eigenvalue weighted by atomic mass is 16.5. The number of nitrogens with two attached hydrogens (primary N) is 1. The Morgan fingerprint density at radius 1 is 0.906 bits per heavy atom. The average molecular weight is 441 g/mol. The minimum Gasteiger partial charge on any atom is -0.462 e. The van der Waals surface area contributed by atoms with Crippen LogP contribution in [0.5, 0.6) is 0 Å². The van der Waals surface area contributed by atoms with Gasteiger partial charge in [0.15, 0.2) is 0 Å². The highest BCUT2D eigenvalue weighted by Gasteiger charge is 2.27. The van der Waals surface area contributed by atoms with Gasteiger partial charge < -0.3 is 20.3 Å². The molecular weight excluding hydrogens is 400 g/mol. The molecule has 6 nitrogen and oxygen atoms in total. The first-order valence-electron chi connectivity index (χ1n) is 12.7. The summed E-state index contributed by atoms with van der Waals surface area (Å²) in [7, 11) is 0. The van der Waals surface area contributed by atoms with Crippen LogP contribution in [0.15, 0.2) is 24.3 Å². The maximum absolute atomic E-state index is 12.3. The first-order valence-corrected chi connectivity index (χ1v) is 12.7. The highest BCUT2D eigenvalue weighted by molar-refractivity contribution is 5.95. The third-order valence-electron chi connectivity index (χ3n) is 7.69. The Morgan fingerprint density at radius 2 is 1.53 bits per heavy atom. The van der Waals surface area contributed by atoms with E-state index >= 15 is 0 Å². The zero-order valence-corrected chi connectivity index (χ0v) is 19.4. The summed E-state index contributed by atoms with van der Waals surface area (Å²) >= 11 is 0. The zero-order chi connectivity index (χ0) is 22.3. The number of hydrogen-bond acceptors (Lipinski definition) is 5. The van der Waals surface area contributed by atoms with Crippen molar-refractivity contribution in [2.75, 3.05) is 37.6 Å². The van der Waals surface area contributed by atoms with Gasteiger partial charge in [-0.15, -0.1) is 0 Å². The number of esters is 1. The topological polar surface area (TPSA) is 82.7 Å². The Kier molecular flexibility index (Phi) is 8.06. The summed E-state index contributed by atoms with van der Waals surface area (Å²) in [6.07, 6.45) is 11.3. The van der Waals surface area contributed by atoms with Crippen LogP contribution in [0.1, 0.15) is 69.8 Å². The number of hydrogen-bond donors (Lipinski definition) is 2. The minimum absolute atomic E-state index is 0.0408. The molecule has 3 aliphatic rings. The first-order chi connectivity index (χ1) is 15.6. The largest absolute Gasteiger partial charge is 0.462 e. The zero-order valence-electron chi connectivity index (χ0n) is 19.4. The maximum Gasteiger partial charge on any atom is 0.306 e. The van der Waals surface area contributed by atoms with Crippen LogP contribution in [0.25, 0.3) is 0 Å². The van der Waals surface area contributed by atoms with Crippen molar-refractivity contribution in [1.82, 2.24) is 4.90 Å². The lowest BCUT2D eigenvalue weighted by atomic mass is 9.91. The van der Waals surface area contributed by atoms with Crippen LogP contribution in [0.4, 0.5) is 5.69 Å². The lowest BCUT2D eigenvalue weighted by molar-refractivity contribution is -0.152. The summed E-state index contributed by atoms with van der Waals surface area (Å²) in [5.74, 6) is 1.43. The van der Waals surface area contributed by atoms with Crippen LogP contribution in [-0.4, -0.2) is 55.5 Å². The number of anilines is 1. The molecular formula is C26H40N4O2. The molecule has 176 valence electrons. The van der Waals surface area contributed by atoms with Crippen molar-refractivity contribution in [3.05, 3.63) is 29.8 Å². The van der Waals surface area contributed by atoms with E-state index in [1.807, 2.05) is 12.1 Å². The molecule has 1 saturated carbocycles. The third kappa shape index (κ3) is 6.47. The van der Waals surface area contributed by atoms with Crippen molar-refractivity contribution >= 4 is 17.5 Å². The van der Waals surface area contributed by atoms with E-state index in [9.17, 15) is 4.79 Å². The molecule has 4 rings (SSSR count). The summed E-state index contributed by atoms with van der Waals surface area (Å²) < 4.78 is 5.73. The highest BCUT2D eigenvalue weighted by Crippen LogP contribution is 2.28. The van der Waals surface area contributed by atoms with Gasteiger partial charge in [-0.05, 0) is 101 Å². The van der Waals surface area contributed by atoms with Gasteiger partial charge in [-0.2, -0.15) is 0 Å². The molecule has 0 radical (unpaired) electrons. The number of nitrogens with one attached hydrogen (secondary N) is 1. The Morgan fingerprint density at radius 3 is 2.16 bits per heavy atom. The second kappa shape index (κ2) is 11.2. The van der Waals surface area contributed by atoms with Gasteiger partial charge >= 0.3 is 5.97 Å². The summed E-state index contributed by atoms with van der Waals surface area (Å²) in [5, 5.41) is 7.53. The Bertz CT molecular complexity index is 744.